The molecule has 1 aromatic heterocycles. The molecule has 126 valence electrons. The number of aryl methyl sites for hydroxylation is 1. The third-order valence-corrected chi connectivity index (χ3v) is 3.79. The van der Waals surface area contributed by atoms with Gasteiger partial charge in [0.15, 0.2) is 18.1 Å². The van der Waals surface area contributed by atoms with Crippen molar-refractivity contribution >= 4 is 22.5 Å². The third kappa shape index (κ3) is 3.33. The maximum Gasteiger partial charge on any atom is 0.359 e. The van der Waals surface area contributed by atoms with Gasteiger partial charge in [-0.1, -0.05) is 48.5 Å². The van der Waals surface area contributed by atoms with Crippen LogP contribution < -0.4 is 5.56 Å². The summed E-state index contributed by atoms with van der Waals surface area (Å²) in [5.41, 5.74) is 0.222. The predicted molar refractivity (Wildman–Crippen MR) is 92.7 cm³/mol. The van der Waals surface area contributed by atoms with Crippen LogP contribution >= 0.6 is 0 Å². The number of fused-ring (bicyclic) bond motifs is 1. The summed E-state index contributed by atoms with van der Waals surface area (Å²) >= 11 is 0. The van der Waals surface area contributed by atoms with E-state index < -0.39 is 5.97 Å². The smallest absolute Gasteiger partial charge is 0.359 e. The third-order valence-electron chi connectivity index (χ3n) is 3.79. The van der Waals surface area contributed by atoms with Crippen LogP contribution in [0.4, 0.5) is 0 Å². The first-order chi connectivity index (χ1) is 12.1. The van der Waals surface area contributed by atoms with Crippen molar-refractivity contribution in [1.82, 2.24) is 9.78 Å². The highest BCUT2D eigenvalue weighted by atomic mass is 16.5. The van der Waals surface area contributed by atoms with E-state index in [9.17, 15) is 14.4 Å². The second-order valence-electron chi connectivity index (χ2n) is 5.38. The SMILES string of the molecule is CCn1nc(C(=O)OCC(=O)c2ccccc2)c2ccccc2c1=O. The van der Waals surface area contributed by atoms with Crippen LogP contribution in [0.2, 0.25) is 0 Å². The van der Waals surface area contributed by atoms with Gasteiger partial charge < -0.3 is 4.74 Å². The van der Waals surface area contributed by atoms with Gasteiger partial charge in [-0.25, -0.2) is 9.48 Å². The molecule has 0 amide bonds. The van der Waals surface area contributed by atoms with Crippen LogP contribution in [0.15, 0.2) is 59.4 Å². The molecule has 3 aromatic rings. The van der Waals surface area contributed by atoms with Crippen LogP contribution in [0.3, 0.4) is 0 Å². The first kappa shape index (κ1) is 16.6. The molecule has 0 atom stereocenters. The summed E-state index contributed by atoms with van der Waals surface area (Å²) in [6, 6.07) is 15.3. The predicted octanol–water partition coefficient (Wildman–Crippen LogP) is 2.46. The number of rotatable bonds is 5. The molecule has 1 heterocycles. The van der Waals surface area contributed by atoms with Crippen LogP contribution in [-0.4, -0.2) is 28.1 Å². The molecule has 6 heteroatoms. The van der Waals surface area contributed by atoms with Gasteiger partial charge in [0.1, 0.15) is 0 Å². The lowest BCUT2D eigenvalue weighted by Gasteiger charge is -2.09. The van der Waals surface area contributed by atoms with E-state index in [0.717, 1.165) is 0 Å². The van der Waals surface area contributed by atoms with Crippen molar-refractivity contribution in [2.75, 3.05) is 6.61 Å². The highest BCUT2D eigenvalue weighted by Gasteiger charge is 2.18. The van der Waals surface area contributed by atoms with Gasteiger partial charge in [0.05, 0.1) is 5.39 Å². The molecule has 0 fully saturated rings. The van der Waals surface area contributed by atoms with Crippen molar-refractivity contribution in [1.29, 1.82) is 0 Å². The van der Waals surface area contributed by atoms with Gasteiger partial charge in [0.25, 0.3) is 5.56 Å². The highest BCUT2D eigenvalue weighted by molar-refractivity contribution is 6.04. The van der Waals surface area contributed by atoms with Crippen molar-refractivity contribution in [2.24, 2.45) is 0 Å². The van der Waals surface area contributed by atoms with E-state index in [1.807, 2.05) is 0 Å². The average molecular weight is 336 g/mol. The minimum absolute atomic E-state index is 0.0258. The molecule has 0 bridgehead atoms. The number of carbonyl (C=O) groups is 2. The molecule has 2 aromatic carbocycles. The summed E-state index contributed by atoms with van der Waals surface area (Å²) in [4.78, 5) is 36.8. The van der Waals surface area contributed by atoms with Crippen LogP contribution in [0.25, 0.3) is 10.8 Å². The first-order valence-corrected chi connectivity index (χ1v) is 7.87. The number of ether oxygens (including phenoxy) is 1. The number of Topliss-reactive ketones (excluding diaryl/α,β-unsaturated/α-hetero) is 1. The molecule has 0 aliphatic heterocycles. The molecule has 0 aliphatic rings. The van der Waals surface area contributed by atoms with E-state index >= 15 is 0 Å². The van der Waals surface area contributed by atoms with E-state index in [1.54, 1.807) is 61.5 Å². The summed E-state index contributed by atoms with van der Waals surface area (Å²) < 4.78 is 6.33. The van der Waals surface area contributed by atoms with Gasteiger partial charge in [-0.05, 0) is 13.0 Å². The Balaban J connectivity index is 1.89. The van der Waals surface area contributed by atoms with E-state index in [4.69, 9.17) is 4.74 Å². The molecule has 0 saturated carbocycles. The molecular weight excluding hydrogens is 320 g/mol. The molecule has 0 saturated heterocycles. The fourth-order valence-corrected chi connectivity index (χ4v) is 2.51. The van der Waals surface area contributed by atoms with Crippen LogP contribution in [0.1, 0.15) is 27.8 Å². The zero-order chi connectivity index (χ0) is 17.8. The number of esters is 1. The zero-order valence-corrected chi connectivity index (χ0v) is 13.6. The number of nitrogens with zero attached hydrogens (tertiary/aromatic N) is 2. The Bertz CT molecular complexity index is 993. The standard InChI is InChI=1S/C19H16N2O4/c1-2-21-18(23)15-11-7-6-10-14(15)17(20-21)19(24)25-12-16(22)13-8-4-3-5-9-13/h3-11H,2,12H2,1H3. The summed E-state index contributed by atoms with van der Waals surface area (Å²) in [5, 5.41) is 4.89. The second-order valence-corrected chi connectivity index (χ2v) is 5.38. The average Bonchev–Trinajstić information content (AvgIpc) is 2.67. The molecule has 3 rings (SSSR count). The number of aromatic nitrogens is 2. The van der Waals surface area contributed by atoms with E-state index in [-0.39, 0.29) is 23.6 Å². The quantitative estimate of drug-likeness (QED) is 0.528. The maximum atomic E-state index is 12.4. The van der Waals surface area contributed by atoms with Crippen LogP contribution in [0.5, 0.6) is 0 Å². The topological polar surface area (TPSA) is 78.3 Å². The molecule has 0 aliphatic carbocycles. The van der Waals surface area contributed by atoms with Gasteiger partial charge in [-0.3, -0.25) is 9.59 Å². The lowest BCUT2D eigenvalue weighted by Crippen LogP contribution is -2.26. The van der Waals surface area contributed by atoms with Gasteiger partial charge in [-0.2, -0.15) is 5.10 Å². The second kappa shape index (κ2) is 7.09. The van der Waals surface area contributed by atoms with Crippen molar-refractivity contribution in [3.05, 3.63) is 76.2 Å². The number of carbonyl (C=O) groups excluding carboxylic acids is 2. The molecule has 0 unspecified atom stereocenters. The van der Waals surface area contributed by atoms with E-state index in [2.05, 4.69) is 5.10 Å². The molecule has 0 radical (unpaired) electrons. The summed E-state index contributed by atoms with van der Waals surface area (Å²) in [5.74, 6) is -1.04. The summed E-state index contributed by atoms with van der Waals surface area (Å²) in [7, 11) is 0. The fraction of sp³-hybridized carbons (Fsp3) is 0.158. The number of hydrogen-bond acceptors (Lipinski definition) is 5. The van der Waals surface area contributed by atoms with E-state index in [1.165, 1.54) is 4.68 Å². The van der Waals surface area contributed by atoms with Crippen LogP contribution in [-0.2, 0) is 11.3 Å². The monoisotopic (exact) mass is 336 g/mol. The normalized spacial score (nSPS) is 10.6. The van der Waals surface area contributed by atoms with Gasteiger partial charge in [-0.15, -0.1) is 0 Å². The maximum absolute atomic E-state index is 12.4. The lowest BCUT2D eigenvalue weighted by molar-refractivity contribution is 0.0468. The van der Waals surface area contributed by atoms with Crippen molar-refractivity contribution < 1.29 is 14.3 Å². The summed E-state index contributed by atoms with van der Waals surface area (Å²) in [6.45, 7) is 1.70. The zero-order valence-electron chi connectivity index (χ0n) is 13.6. The Morgan fingerprint density at radius 3 is 2.32 bits per heavy atom. The highest BCUT2D eigenvalue weighted by Crippen LogP contribution is 2.14. The van der Waals surface area contributed by atoms with Crippen LogP contribution in [0, 0.1) is 0 Å². The van der Waals surface area contributed by atoms with E-state index in [0.29, 0.717) is 22.9 Å². The van der Waals surface area contributed by atoms with Crippen molar-refractivity contribution in [3.8, 4) is 0 Å². The first-order valence-electron chi connectivity index (χ1n) is 7.87. The molecule has 0 N–H and O–H groups in total. The largest absolute Gasteiger partial charge is 0.452 e. The Labute approximate surface area is 143 Å². The van der Waals surface area contributed by atoms with Gasteiger partial charge >= 0.3 is 5.97 Å². The minimum atomic E-state index is -0.734. The number of hydrogen-bond donors (Lipinski definition) is 0. The van der Waals surface area contributed by atoms with Crippen molar-refractivity contribution in [3.63, 3.8) is 0 Å². The summed E-state index contributed by atoms with van der Waals surface area (Å²) in [6.07, 6.45) is 0. The Morgan fingerprint density at radius 2 is 1.64 bits per heavy atom. The molecular formula is C19H16N2O4. The molecule has 6 nitrogen and oxygen atoms in total. The minimum Gasteiger partial charge on any atom is -0.452 e. The lowest BCUT2D eigenvalue weighted by atomic mass is 10.1. The number of benzene rings is 2. The number of ketones is 1. The van der Waals surface area contributed by atoms with Gasteiger partial charge in [0.2, 0.25) is 0 Å². The Kier molecular flexibility index (Phi) is 4.70. The van der Waals surface area contributed by atoms with Gasteiger partial charge in [0, 0.05) is 17.5 Å². The molecule has 25 heavy (non-hydrogen) atoms. The fourth-order valence-electron chi connectivity index (χ4n) is 2.51. The van der Waals surface area contributed by atoms with Crippen molar-refractivity contribution in [2.45, 2.75) is 13.5 Å². The Hall–Kier alpha value is -3.28. The molecule has 0 spiro atoms. The Morgan fingerprint density at radius 1 is 1.00 bits per heavy atom.